The van der Waals surface area contributed by atoms with Crippen molar-refractivity contribution in [3.8, 4) is 11.5 Å². The molecule has 4 heteroatoms. The molecule has 3 nitrogen and oxygen atoms in total. The van der Waals surface area contributed by atoms with Crippen molar-refractivity contribution in [3.63, 3.8) is 0 Å². The second kappa shape index (κ2) is 6.19. The Hall–Kier alpha value is -2.36. The lowest BCUT2D eigenvalue weighted by Crippen LogP contribution is -2.06. The molecule has 0 amide bonds. The average molecular weight is 274 g/mol. The molecule has 0 unspecified atom stereocenters. The molecule has 0 aliphatic rings. The molecule has 2 aromatic rings. The van der Waals surface area contributed by atoms with Crippen LogP contribution in [0.25, 0.3) is 0 Å². The summed E-state index contributed by atoms with van der Waals surface area (Å²) in [4.78, 5) is 11.8. The Morgan fingerprint density at radius 2 is 1.90 bits per heavy atom. The van der Waals surface area contributed by atoms with Crippen molar-refractivity contribution in [1.82, 2.24) is 0 Å². The van der Waals surface area contributed by atoms with Crippen molar-refractivity contribution in [2.75, 3.05) is 6.61 Å². The van der Waals surface area contributed by atoms with Crippen molar-refractivity contribution >= 4 is 5.97 Å². The standard InChI is InChI=1S/C16H15FO3/c1-3-19-16(18)13-6-4-5-7-15(13)20-14-9-8-12(17)10-11(14)2/h4-10H,3H2,1-2H3. The zero-order valence-corrected chi connectivity index (χ0v) is 11.4. The second-order valence-corrected chi connectivity index (χ2v) is 4.23. The average Bonchev–Trinajstić information content (AvgIpc) is 2.43. The van der Waals surface area contributed by atoms with E-state index in [4.69, 9.17) is 9.47 Å². The second-order valence-electron chi connectivity index (χ2n) is 4.23. The number of ether oxygens (including phenoxy) is 2. The first kappa shape index (κ1) is 14.1. The van der Waals surface area contributed by atoms with Gasteiger partial charge in [0.2, 0.25) is 0 Å². The first-order valence-electron chi connectivity index (χ1n) is 6.32. The zero-order valence-electron chi connectivity index (χ0n) is 11.4. The molecular formula is C16H15FO3. The summed E-state index contributed by atoms with van der Waals surface area (Å²) >= 11 is 0. The molecule has 0 N–H and O–H groups in total. The lowest BCUT2D eigenvalue weighted by molar-refractivity contribution is 0.0523. The minimum absolute atomic E-state index is 0.294. The fourth-order valence-corrected chi connectivity index (χ4v) is 1.78. The van der Waals surface area contributed by atoms with Gasteiger partial charge in [-0.2, -0.15) is 0 Å². The zero-order chi connectivity index (χ0) is 14.5. The summed E-state index contributed by atoms with van der Waals surface area (Å²) in [5, 5.41) is 0. The monoisotopic (exact) mass is 274 g/mol. The van der Waals surface area contributed by atoms with Gasteiger partial charge in [0.05, 0.1) is 6.61 Å². The lowest BCUT2D eigenvalue weighted by Gasteiger charge is -2.12. The third kappa shape index (κ3) is 3.15. The number of carbonyl (C=O) groups is 1. The van der Waals surface area contributed by atoms with Crippen LogP contribution in [0.2, 0.25) is 0 Å². The molecule has 0 aliphatic heterocycles. The molecular weight excluding hydrogens is 259 g/mol. The molecule has 0 atom stereocenters. The summed E-state index contributed by atoms with van der Waals surface area (Å²) in [6.45, 7) is 3.78. The maximum atomic E-state index is 13.1. The van der Waals surface area contributed by atoms with E-state index < -0.39 is 5.97 Å². The molecule has 0 saturated carbocycles. The van der Waals surface area contributed by atoms with Gasteiger partial charge in [0.25, 0.3) is 0 Å². The number of hydrogen-bond acceptors (Lipinski definition) is 3. The van der Waals surface area contributed by atoms with Gasteiger partial charge in [0.1, 0.15) is 22.9 Å². The van der Waals surface area contributed by atoms with Gasteiger partial charge in [-0.3, -0.25) is 0 Å². The quantitative estimate of drug-likeness (QED) is 0.787. The summed E-state index contributed by atoms with van der Waals surface area (Å²) in [6, 6.07) is 11.0. The van der Waals surface area contributed by atoms with Gasteiger partial charge >= 0.3 is 5.97 Å². The normalized spacial score (nSPS) is 10.2. The third-order valence-corrected chi connectivity index (χ3v) is 2.74. The van der Waals surface area contributed by atoms with Crippen LogP contribution in [0.5, 0.6) is 11.5 Å². The van der Waals surface area contributed by atoms with E-state index in [0.29, 0.717) is 29.2 Å². The van der Waals surface area contributed by atoms with Gasteiger partial charge in [0.15, 0.2) is 0 Å². The predicted molar refractivity (Wildman–Crippen MR) is 73.6 cm³/mol. The number of hydrogen-bond donors (Lipinski definition) is 0. The first-order valence-corrected chi connectivity index (χ1v) is 6.32. The number of esters is 1. The summed E-state index contributed by atoms with van der Waals surface area (Å²) < 4.78 is 23.7. The Morgan fingerprint density at radius 1 is 1.15 bits per heavy atom. The minimum atomic E-state index is -0.442. The Kier molecular flexibility index (Phi) is 4.35. The van der Waals surface area contributed by atoms with E-state index in [1.165, 1.54) is 18.2 Å². The smallest absolute Gasteiger partial charge is 0.341 e. The van der Waals surface area contributed by atoms with E-state index in [9.17, 15) is 9.18 Å². The highest BCUT2D eigenvalue weighted by atomic mass is 19.1. The van der Waals surface area contributed by atoms with Crippen molar-refractivity contribution in [3.05, 3.63) is 59.4 Å². The van der Waals surface area contributed by atoms with E-state index in [2.05, 4.69) is 0 Å². The molecule has 0 radical (unpaired) electrons. The molecule has 0 fully saturated rings. The molecule has 0 spiro atoms. The summed E-state index contributed by atoms with van der Waals surface area (Å²) in [5.41, 5.74) is 1.00. The Morgan fingerprint density at radius 3 is 2.60 bits per heavy atom. The third-order valence-electron chi connectivity index (χ3n) is 2.74. The van der Waals surface area contributed by atoms with Crippen LogP contribution in [0.15, 0.2) is 42.5 Å². The minimum Gasteiger partial charge on any atom is -0.462 e. The van der Waals surface area contributed by atoms with Gasteiger partial charge in [-0.15, -0.1) is 0 Å². The number of para-hydroxylation sites is 1. The number of halogens is 1. The molecule has 2 aromatic carbocycles. The maximum absolute atomic E-state index is 13.1. The largest absolute Gasteiger partial charge is 0.462 e. The highest BCUT2D eigenvalue weighted by Gasteiger charge is 2.14. The van der Waals surface area contributed by atoms with Crippen LogP contribution in [-0.4, -0.2) is 12.6 Å². The number of aryl methyl sites for hydroxylation is 1. The van der Waals surface area contributed by atoms with E-state index in [0.717, 1.165) is 0 Å². The Bertz CT molecular complexity index is 623. The SMILES string of the molecule is CCOC(=O)c1ccccc1Oc1ccc(F)cc1C. The van der Waals surface area contributed by atoms with E-state index in [1.54, 1.807) is 38.1 Å². The molecule has 0 saturated heterocycles. The van der Waals surface area contributed by atoms with Crippen LogP contribution in [0.1, 0.15) is 22.8 Å². The van der Waals surface area contributed by atoms with E-state index >= 15 is 0 Å². The molecule has 0 heterocycles. The Labute approximate surface area is 117 Å². The fourth-order valence-electron chi connectivity index (χ4n) is 1.78. The van der Waals surface area contributed by atoms with Crippen molar-refractivity contribution in [2.24, 2.45) is 0 Å². The fraction of sp³-hybridized carbons (Fsp3) is 0.188. The molecule has 2 rings (SSSR count). The van der Waals surface area contributed by atoms with Crippen LogP contribution < -0.4 is 4.74 Å². The van der Waals surface area contributed by atoms with Gasteiger partial charge in [0, 0.05) is 0 Å². The van der Waals surface area contributed by atoms with Gasteiger partial charge in [-0.1, -0.05) is 12.1 Å². The van der Waals surface area contributed by atoms with Crippen LogP contribution in [0, 0.1) is 12.7 Å². The molecule has 0 bridgehead atoms. The van der Waals surface area contributed by atoms with Crippen molar-refractivity contribution < 1.29 is 18.7 Å². The number of carbonyl (C=O) groups excluding carboxylic acids is 1. The van der Waals surface area contributed by atoms with Crippen molar-refractivity contribution in [1.29, 1.82) is 0 Å². The summed E-state index contributed by atoms with van der Waals surface area (Å²) in [6.07, 6.45) is 0. The highest BCUT2D eigenvalue weighted by Crippen LogP contribution is 2.28. The van der Waals surface area contributed by atoms with Crippen LogP contribution in [0.3, 0.4) is 0 Å². The first-order chi connectivity index (χ1) is 9.61. The topological polar surface area (TPSA) is 35.5 Å². The highest BCUT2D eigenvalue weighted by molar-refractivity contribution is 5.92. The van der Waals surface area contributed by atoms with Crippen LogP contribution in [0.4, 0.5) is 4.39 Å². The van der Waals surface area contributed by atoms with Gasteiger partial charge in [-0.05, 0) is 49.7 Å². The Balaban J connectivity index is 2.31. The van der Waals surface area contributed by atoms with Gasteiger partial charge in [-0.25, -0.2) is 9.18 Å². The van der Waals surface area contributed by atoms with E-state index in [1.807, 2.05) is 0 Å². The number of benzene rings is 2. The molecule has 0 aliphatic carbocycles. The van der Waals surface area contributed by atoms with Crippen LogP contribution in [-0.2, 0) is 4.74 Å². The van der Waals surface area contributed by atoms with Crippen LogP contribution >= 0.6 is 0 Å². The lowest BCUT2D eigenvalue weighted by atomic mass is 10.2. The summed E-state index contributed by atoms with van der Waals surface area (Å²) in [7, 11) is 0. The molecule has 104 valence electrons. The number of rotatable bonds is 4. The van der Waals surface area contributed by atoms with E-state index in [-0.39, 0.29) is 5.82 Å². The maximum Gasteiger partial charge on any atom is 0.341 e. The summed E-state index contributed by atoms with van der Waals surface area (Å²) in [5.74, 6) is 0.125. The molecule has 20 heavy (non-hydrogen) atoms. The van der Waals surface area contributed by atoms with Gasteiger partial charge < -0.3 is 9.47 Å². The van der Waals surface area contributed by atoms with Crippen molar-refractivity contribution in [2.45, 2.75) is 13.8 Å². The molecule has 0 aromatic heterocycles. The predicted octanol–water partition coefficient (Wildman–Crippen LogP) is 4.10.